The minimum Gasteiger partial charge on any atom is -0.493 e. The van der Waals surface area contributed by atoms with Crippen molar-refractivity contribution in [3.63, 3.8) is 0 Å². The summed E-state index contributed by atoms with van der Waals surface area (Å²) in [6.45, 7) is 3.64. The van der Waals surface area contributed by atoms with Gasteiger partial charge in [0, 0.05) is 31.4 Å². The summed E-state index contributed by atoms with van der Waals surface area (Å²) >= 11 is 0. The number of benzene rings is 2. The third-order valence-electron chi connectivity index (χ3n) is 5.36. The van der Waals surface area contributed by atoms with Crippen LogP contribution in [0.4, 0.5) is 5.69 Å². The van der Waals surface area contributed by atoms with E-state index in [9.17, 15) is 4.79 Å². The first-order valence-corrected chi connectivity index (χ1v) is 9.93. The SMILES string of the molecule is O=CC1C=COc2cccc(OCCCC3CNCCN3c3ccccc3)c21. The lowest BCUT2D eigenvalue weighted by Gasteiger charge is -2.38. The Balaban J connectivity index is 1.35. The highest BCUT2D eigenvalue weighted by Gasteiger charge is 2.23. The van der Waals surface area contributed by atoms with Gasteiger partial charge in [-0.25, -0.2) is 0 Å². The quantitative estimate of drug-likeness (QED) is 0.590. The minimum absolute atomic E-state index is 0.309. The van der Waals surface area contributed by atoms with Crippen LogP contribution in [0.25, 0.3) is 0 Å². The smallest absolute Gasteiger partial charge is 0.134 e. The van der Waals surface area contributed by atoms with Gasteiger partial charge >= 0.3 is 0 Å². The summed E-state index contributed by atoms with van der Waals surface area (Å²) in [5.74, 6) is 1.13. The van der Waals surface area contributed by atoms with Crippen LogP contribution in [0.1, 0.15) is 24.3 Å². The van der Waals surface area contributed by atoms with E-state index in [-0.39, 0.29) is 5.92 Å². The maximum absolute atomic E-state index is 11.4. The minimum atomic E-state index is -0.309. The van der Waals surface area contributed by atoms with Crippen LogP contribution < -0.4 is 19.7 Å². The maximum Gasteiger partial charge on any atom is 0.134 e. The molecule has 0 aliphatic carbocycles. The molecule has 0 aromatic heterocycles. The molecule has 2 aromatic rings. The second-order valence-electron chi connectivity index (χ2n) is 7.15. The average Bonchev–Trinajstić information content (AvgIpc) is 2.77. The van der Waals surface area contributed by atoms with E-state index < -0.39 is 0 Å². The number of nitrogens with zero attached hydrogens (tertiary/aromatic N) is 1. The highest BCUT2D eigenvalue weighted by atomic mass is 16.5. The predicted molar refractivity (Wildman–Crippen MR) is 110 cm³/mol. The first-order valence-electron chi connectivity index (χ1n) is 9.93. The highest BCUT2D eigenvalue weighted by molar-refractivity contribution is 5.71. The molecule has 146 valence electrons. The molecule has 2 unspecified atom stereocenters. The Hall–Kier alpha value is -2.79. The van der Waals surface area contributed by atoms with E-state index in [0.717, 1.165) is 50.1 Å². The summed E-state index contributed by atoms with van der Waals surface area (Å²) in [6, 6.07) is 16.7. The van der Waals surface area contributed by atoms with Crippen molar-refractivity contribution in [1.29, 1.82) is 0 Å². The number of hydrogen-bond acceptors (Lipinski definition) is 5. The number of aldehydes is 1. The topological polar surface area (TPSA) is 50.8 Å². The van der Waals surface area contributed by atoms with Gasteiger partial charge in [0.05, 0.1) is 24.4 Å². The van der Waals surface area contributed by atoms with Crippen LogP contribution in [0.5, 0.6) is 11.5 Å². The van der Waals surface area contributed by atoms with Gasteiger partial charge in [0.1, 0.15) is 17.8 Å². The van der Waals surface area contributed by atoms with Gasteiger partial charge in [-0.05, 0) is 43.2 Å². The van der Waals surface area contributed by atoms with Gasteiger partial charge in [-0.2, -0.15) is 0 Å². The molecule has 0 saturated carbocycles. The Kier molecular flexibility index (Phi) is 5.92. The number of para-hydroxylation sites is 1. The third kappa shape index (κ3) is 4.04. The zero-order valence-corrected chi connectivity index (χ0v) is 15.9. The fraction of sp³-hybridized carbons (Fsp3) is 0.348. The summed E-state index contributed by atoms with van der Waals surface area (Å²) < 4.78 is 11.6. The van der Waals surface area contributed by atoms with Crippen molar-refractivity contribution in [2.75, 3.05) is 31.1 Å². The average molecular weight is 378 g/mol. The number of fused-ring (bicyclic) bond motifs is 1. The van der Waals surface area contributed by atoms with Crippen molar-refractivity contribution in [3.8, 4) is 11.5 Å². The summed E-state index contributed by atoms with van der Waals surface area (Å²) in [5, 5.41) is 3.50. The first kappa shape index (κ1) is 18.6. The molecule has 28 heavy (non-hydrogen) atoms. The zero-order valence-electron chi connectivity index (χ0n) is 15.9. The molecule has 5 heteroatoms. The van der Waals surface area contributed by atoms with Crippen LogP contribution in [-0.2, 0) is 4.79 Å². The van der Waals surface area contributed by atoms with E-state index in [4.69, 9.17) is 9.47 Å². The van der Waals surface area contributed by atoms with E-state index in [1.54, 1.807) is 12.3 Å². The molecule has 2 aliphatic heterocycles. The molecule has 0 bridgehead atoms. The normalized spacial score (nSPS) is 20.9. The van der Waals surface area contributed by atoms with E-state index in [1.807, 2.05) is 18.2 Å². The Labute approximate surface area is 165 Å². The molecule has 2 heterocycles. The van der Waals surface area contributed by atoms with Gasteiger partial charge in [-0.1, -0.05) is 24.3 Å². The van der Waals surface area contributed by atoms with Crippen LogP contribution in [0.2, 0.25) is 0 Å². The van der Waals surface area contributed by atoms with Crippen LogP contribution in [0, 0.1) is 0 Å². The molecule has 5 nitrogen and oxygen atoms in total. The Bertz CT molecular complexity index is 822. The lowest BCUT2D eigenvalue weighted by atomic mass is 9.97. The van der Waals surface area contributed by atoms with Crippen molar-refractivity contribution in [2.45, 2.75) is 24.8 Å². The molecule has 4 rings (SSSR count). The van der Waals surface area contributed by atoms with E-state index >= 15 is 0 Å². The van der Waals surface area contributed by atoms with Gasteiger partial charge in [0.25, 0.3) is 0 Å². The Morgan fingerprint density at radius 1 is 1.18 bits per heavy atom. The van der Waals surface area contributed by atoms with Crippen LogP contribution >= 0.6 is 0 Å². The van der Waals surface area contributed by atoms with Crippen molar-refractivity contribution in [1.82, 2.24) is 5.32 Å². The molecule has 1 saturated heterocycles. The molecule has 2 aromatic carbocycles. The molecule has 1 N–H and O–H groups in total. The molecular formula is C23H26N2O3. The molecule has 2 atom stereocenters. The molecule has 1 fully saturated rings. The van der Waals surface area contributed by atoms with Crippen LogP contribution in [0.3, 0.4) is 0 Å². The van der Waals surface area contributed by atoms with E-state index in [1.165, 1.54) is 5.69 Å². The highest BCUT2D eigenvalue weighted by Crippen LogP contribution is 2.38. The Morgan fingerprint density at radius 3 is 2.93 bits per heavy atom. The molecule has 0 amide bonds. The number of allylic oxidation sites excluding steroid dienone is 1. The third-order valence-corrected chi connectivity index (χ3v) is 5.36. The second kappa shape index (κ2) is 8.93. The van der Waals surface area contributed by atoms with Crippen molar-refractivity contribution < 1.29 is 14.3 Å². The summed E-state index contributed by atoms with van der Waals surface area (Å²) in [7, 11) is 0. The Morgan fingerprint density at radius 2 is 2.07 bits per heavy atom. The summed E-state index contributed by atoms with van der Waals surface area (Å²) in [6.07, 6.45) is 6.25. The van der Waals surface area contributed by atoms with Crippen LogP contribution in [0.15, 0.2) is 60.9 Å². The lowest BCUT2D eigenvalue weighted by molar-refractivity contribution is -0.108. The van der Waals surface area contributed by atoms with Gasteiger partial charge in [0.2, 0.25) is 0 Å². The van der Waals surface area contributed by atoms with Crippen LogP contribution in [-0.4, -0.2) is 38.6 Å². The van der Waals surface area contributed by atoms with E-state index in [2.05, 4.69) is 40.5 Å². The monoisotopic (exact) mass is 378 g/mol. The largest absolute Gasteiger partial charge is 0.493 e. The van der Waals surface area contributed by atoms with Crippen molar-refractivity contribution >= 4 is 12.0 Å². The first-order chi connectivity index (χ1) is 13.9. The van der Waals surface area contributed by atoms with Crippen molar-refractivity contribution in [2.24, 2.45) is 0 Å². The van der Waals surface area contributed by atoms with Gasteiger partial charge in [-0.15, -0.1) is 0 Å². The number of carbonyl (C=O) groups is 1. The molecular weight excluding hydrogens is 352 g/mol. The maximum atomic E-state index is 11.4. The number of carbonyl (C=O) groups excluding carboxylic acids is 1. The van der Waals surface area contributed by atoms with Crippen molar-refractivity contribution in [3.05, 3.63) is 66.4 Å². The summed E-state index contributed by atoms with van der Waals surface area (Å²) in [5.41, 5.74) is 2.11. The van der Waals surface area contributed by atoms with E-state index in [0.29, 0.717) is 18.4 Å². The van der Waals surface area contributed by atoms with Gasteiger partial charge < -0.3 is 24.5 Å². The number of hydrogen-bond donors (Lipinski definition) is 1. The number of ether oxygens (including phenoxy) is 2. The van der Waals surface area contributed by atoms with Gasteiger partial charge in [0.15, 0.2) is 0 Å². The molecule has 2 aliphatic rings. The molecule has 0 radical (unpaired) electrons. The fourth-order valence-electron chi connectivity index (χ4n) is 3.97. The number of anilines is 1. The second-order valence-corrected chi connectivity index (χ2v) is 7.15. The zero-order chi connectivity index (χ0) is 19.2. The predicted octanol–water partition coefficient (Wildman–Crippen LogP) is 3.51. The number of rotatable bonds is 7. The standard InChI is InChI=1S/C23H26N2O3/c26-17-18-11-15-28-22-10-4-9-21(23(18)22)27-14-5-8-20-16-24-12-13-25(20)19-6-2-1-3-7-19/h1-4,6-7,9-11,15,17-18,20,24H,5,8,12-14,16H2. The fourth-order valence-corrected chi connectivity index (χ4v) is 3.97. The number of piperazine rings is 1. The van der Waals surface area contributed by atoms with Gasteiger partial charge in [-0.3, -0.25) is 0 Å². The number of nitrogens with one attached hydrogen (secondary N) is 1. The molecule has 0 spiro atoms. The lowest BCUT2D eigenvalue weighted by Crippen LogP contribution is -2.51. The summed E-state index contributed by atoms with van der Waals surface area (Å²) in [4.78, 5) is 13.9.